The SMILES string of the molecule is COc1ccc(S(=O)(=O)CC(=O)Nc2ccc(N=Nc3ccccc3)cc2)cc1. The van der Waals surface area contributed by atoms with Crippen molar-refractivity contribution in [3.05, 3.63) is 78.9 Å². The molecule has 0 aromatic heterocycles. The Morgan fingerprint density at radius 1 is 0.862 bits per heavy atom. The number of anilines is 1. The monoisotopic (exact) mass is 409 g/mol. The summed E-state index contributed by atoms with van der Waals surface area (Å²) in [4.78, 5) is 12.2. The summed E-state index contributed by atoms with van der Waals surface area (Å²) in [6, 6.07) is 21.8. The fourth-order valence-corrected chi connectivity index (χ4v) is 3.59. The van der Waals surface area contributed by atoms with E-state index in [1.165, 1.54) is 31.4 Å². The third-order valence-corrected chi connectivity index (χ3v) is 5.56. The molecule has 0 bridgehead atoms. The van der Waals surface area contributed by atoms with Gasteiger partial charge in [-0.2, -0.15) is 10.2 Å². The van der Waals surface area contributed by atoms with E-state index in [2.05, 4.69) is 15.5 Å². The van der Waals surface area contributed by atoms with Gasteiger partial charge >= 0.3 is 0 Å². The molecule has 0 spiro atoms. The summed E-state index contributed by atoms with van der Waals surface area (Å²) in [6.07, 6.45) is 0. The van der Waals surface area contributed by atoms with Crippen molar-refractivity contribution in [3.8, 4) is 5.75 Å². The zero-order chi connectivity index (χ0) is 20.7. The lowest BCUT2D eigenvalue weighted by molar-refractivity contribution is -0.113. The molecule has 7 nitrogen and oxygen atoms in total. The third kappa shape index (κ3) is 5.73. The molecule has 29 heavy (non-hydrogen) atoms. The van der Waals surface area contributed by atoms with Gasteiger partial charge in [-0.1, -0.05) is 18.2 Å². The summed E-state index contributed by atoms with van der Waals surface area (Å²) in [5, 5.41) is 10.8. The molecular weight excluding hydrogens is 390 g/mol. The van der Waals surface area contributed by atoms with Crippen LogP contribution in [0.25, 0.3) is 0 Å². The number of nitrogens with zero attached hydrogens (tertiary/aromatic N) is 2. The number of rotatable bonds is 7. The Morgan fingerprint density at radius 3 is 2.03 bits per heavy atom. The van der Waals surface area contributed by atoms with E-state index in [0.717, 1.165) is 5.69 Å². The van der Waals surface area contributed by atoms with Gasteiger partial charge in [0.15, 0.2) is 9.84 Å². The molecule has 3 aromatic carbocycles. The highest BCUT2D eigenvalue weighted by molar-refractivity contribution is 7.92. The normalized spacial score (nSPS) is 11.3. The number of carbonyl (C=O) groups is 1. The number of hydrogen-bond donors (Lipinski definition) is 1. The minimum absolute atomic E-state index is 0.0603. The van der Waals surface area contributed by atoms with Crippen LogP contribution >= 0.6 is 0 Å². The predicted octanol–water partition coefficient (Wildman–Crippen LogP) is 4.52. The lowest BCUT2D eigenvalue weighted by Gasteiger charge is -2.07. The van der Waals surface area contributed by atoms with Gasteiger partial charge in [-0.15, -0.1) is 0 Å². The standard InChI is InChI=1S/C21H19N3O4S/c1-28-19-11-13-20(14-12-19)29(26,27)15-21(25)22-16-7-9-18(10-8-16)24-23-17-5-3-2-4-6-17/h2-14H,15H2,1H3,(H,22,25). The molecule has 0 aliphatic rings. The maximum Gasteiger partial charge on any atom is 0.239 e. The summed E-state index contributed by atoms with van der Waals surface area (Å²) in [5.74, 6) is -0.744. The molecule has 8 heteroatoms. The molecule has 3 aromatic rings. The van der Waals surface area contributed by atoms with Crippen LogP contribution in [0.4, 0.5) is 17.1 Å². The van der Waals surface area contributed by atoms with E-state index < -0.39 is 21.5 Å². The topological polar surface area (TPSA) is 97.2 Å². The minimum Gasteiger partial charge on any atom is -0.497 e. The Morgan fingerprint density at radius 2 is 1.45 bits per heavy atom. The van der Waals surface area contributed by atoms with Crippen LogP contribution in [-0.4, -0.2) is 27.2 Å². The maximum atomic E-state index is 12.4. The van der Waals surface area contributed by atoms with Crippen molar-refractivity contribution >= 4 is 32.8 Å². The first-order valence-corrected chi connectivity index (χ1v) is 10.3. The van der Waals surface area contributed by atoms with E-state index in [-0.39, 0.29) is 4.90 Å². The Hall–Kier alpha value is -3.52. The molecule has 0 aliphatic carbocycles. The molecule has 0 aliphatic heterocycles. The lowest BCUT2D eigenvalue weighted by Crippen LogP contribution is -2.22. The van der Waals surface area contributed by atoms with E-state index in [1.54, 1.807) is 24.3 Å². The number of amides is 1. The Labute approximate surface area is 169 Å². The average Bonchev–Trinajstić information content (AvgIpc) is 2.73. The molecule has 1 N–H and O–H groups in total. The van der Waals surface area contributed by atoms with Gasteiger partial charge < -0.3 is 10.1 Å². The largest absolute Gasteiger partial charge is 0.497 e. The van der Waals surface area contributed by atoms with Crippen molar-refractivity contribution in [1.29, 1.82) is 0 Å². The molecule has 3 rings (SSSR count). The van der Waals surface area contributed by atoms with Crippen molar-refractivity contribution in [2.45, 2.75) is 4.90 Å². The van der Waals surface area contributed by atoms with Crippen LogP contribution < -0.4 is 10.1 Å². The molecule has 148 valence electrons. The van der Waals surface area contributed by atoms with Gasteiger partial charge in [0.25, 0.3) is 0 Å². The van der Waals surface area contributed by atoms with Gasteiger partial charge in [-0.3, -0.25) is 4.79 Å². The fourth-order valence-electron chi connectivity index (χ4n) is 2.46. The maximum absolute atomic E-state index is 12.4. The second-order valence-corrected chi connectivity index (χ2v) is 8.05. The van der Waals surface area contributed by atoms with E-state index in [1.807, 2.05) is 30.3 Å². The highest BCUT2D eigenvalue weighted by Crippen LogP contribution is 2.21. The van der Waals surface area contributed by atoms with Crippen molar-refractivity contribution in [1.82, 2.24) is 0 Å². The summed E-state index contributed by atoms with van der Waals surface area (Å²) in [7, 11) is -2.26. The number of hydrogen-bond acceptors (Lipinski definition) is 6. The van der Waals surface area contributed by atoms with E-state index in [9.17, 15) is 13.2 Å². The van der Waals surface area contributed by atoms with Crippen LogP contribution in [0.3, 0.4) is 0 Å². The van der Waals surface area contributed by atoms with E-state index >= 15 is 0 Å². The molecule has 0 saturated carbocycles. The molecule has 0 unspecified atom stereocenters. The zero-order valence-corrected chi connectivity index (χ0v) is 16.5. The Balaban J connectivity index is 1.60. The summed E-state index contributed by atoms with van der Waals surface area (Å²) in [5.41, 5.74) is 1.81. The number of nitrogens with one attached hydrogen (secondary N) is 1. The van der Waals surface area contributed by atoms with Crippen LogP contribution in [-0.2, 0) is 14.6 Å². The van der Waals surface area contributed by atoms with Crippen LogP contribution in [0.15, 0.2) is 94.0 Å². The van der Waals surface area contributed by atoms with E-state index in [0.29, 0.717) is 17.1 Å². The summed E-state index contributed by atoms with van der Waals surface area (Å²) < 4.78 is 29.8. The van der Waals surface area contributed by atoms with Gasteiger partial charge in [-0.25, -0.2) is 8.42 Å². The fraction of sp³-hybridized carbons (Fsp3) is 0.0952. The molecular formula is C21H19N3O4S. The number of sulfone groups is 1. The summed E-state index contributed by atoms with van der Waals surface area (Å²) in [6.45, 7) is 0. The first-order valence-electron chi connectivity index (χ1n) is 8.70. The molecule has 0 fully saturated rings. The minimum atomic E-state index is -3.75. The highest BCUT2D eigenvalue weighted by Gasteiger charge is 2.19. The predicted molar refractivity (Wildman–Crippen MR) is 111 cm³/mol. The van der Waals surface area contributed by atoms with Crippen LogP contribution in [0.5, 0.6) is 5.75 Å². The van der Waals surface area contributed by atoms with E-state index in [4.69, 9.17) is 4.74 Å². The van der Waals surface area contributed by atoms with Crippen molar-refractivity contribution in [2.24, 2.45) is 10.2 Å². The zero-order valence-electron chi connectivity index (χ0n) is 15.6. The smallest absolute Gasteiger partial charge is 0.239 e. The number of methoxy groups -OCH3 is 1. The van der Waals surface area contributed by atoms with Crippen LogP contribution in [0.2, 0.25) is 0 Å². The van der Waals surface area contributed by atoms with Crippen molar-refractivity contribution < 1.29 is 17.9 Å². The van der Waals surface area contributed by atoms with Gasteiger partial charge in [0, 0.05) is 5.69 Å². The number of carbonyl (C=O) groups excluding carboxylic acids is 1. The second kappa shape index (κ2) is 9.11. The molecule has 0 saturated heterocycles. The second-order valence-electron chi connectivity index (χ2n) is 6.07. The third-order valence-electron chi connectivity index (χ3n) is 3.93. The molecule has 1 amide bonds. The van der Waals surface area contributed by atoms with Gasteiger partial charge in [0.1, 0.15) is 11.5 Å². The Kier molecular flexibility index (Phi) is 6.36. The highest BCUT2D eigenvalue weighted by atomic mass is 32.2. The average molecular weight is 409 g/mol. The number of azo groups is 1. The summed E-state index contributed by atoms with van der Waals surface area (Å²) >= 11 is 0. The number of ether oxygens (including phenoxy) is 1. The lowest BCUT2D eigenvalue weighted by atomic mass is 10.3. The molecule has 0 atom stereocenters. The quantitative estimate of drug-likeness (QED) is 0.580. The molecule has 0 radical (unpaired) electrons. The van der Waals surface area contributed by atoms with Crippen LogP contribution in [0, 0.1) is 0 Å². The van der Waals surface area contributed by atoms with Crippen molar-refractivity contribution in [2.75, 3.05) is 18.2 Å². The molecule has 0 heterocycles. The van der Waals surface area contributed by atoms with Crippen molar-refractivity contribution in [3.63, 3.8) is 0 Å². The first kappa shape index (κ1) is 20.2. The van der Waals surface area contributed by atoms with Crippen LogP contribution in [0.1, 0.15) is 0 Å². The van der Waals surface area contributed by atoms with Gasteiger partial charge in [-0.05, 0) is 60.7 Å². The number of benzene rings is 3. The first-order chi connectivity index (χ1) is 14.0. The van der Waals surface area contributed by atoms with Gasteiger partial charge in [0.05, 0.1) is 23.4 Å². The Bertz CT molecular complexity index is 1090. The van der Waals surface area contributed by atoms with Gasteiger partial charge in [0.2, 0.25) is 5.91 Å².